The number of hydrogen-bond acceptors (Lipinski definition) is 6. The molecule has 2 aliphatic rings. The van der Waals surface area contributed by atoms with Gasteiger partial charge in [0.2, 0.25) is 0 Å². The zero-order valence-corrected chi connectivity index (χ0v) is 25.2. The van der Waals surface area contributed by atoms with Gasteiger partial charge in [0.25, 0.3) is 5.91 Å². The second kappa shape index (κ2) is 14.3. The van der Waals surface area contributed by atoms with Crippen molar-refractivity contribution in [2.45, 2.75) is 38.6 Å². The van der Waals surface area contributed by atoms with Gasteiger partial charge in [-0.3, -0.25) is 14.6 Å². The molecule has 0 saturated carbocycles. The zero-order valence-electron chi connectivity index (χ0n) is 25.2. The van der Waals surface area contributed by atoms with E-state index in [1.165, 1.54) is 5.56 Å². The number of piperazine rings is 1. The van der Waals surface area contributed by atoms with E-state index in [4.69, 9.17) is 9.47 Å². The number of anilines is 1. The van der Waals surface area contributed by atoms with Gasteiger partial charge >= 0.3 is 0 Å². The Morgan fingerprint density at radius 3 is 2.16 bits per heavy atom. The largest absolute Gasteiger partial charge is 0.392 e. The van der Waals surface area contributed by atoms with Crippen molar-refractivity contribution in [1.82, 2.24) is 9.80 Å². The summed E-state index contributed by atoms with van der Waals surface area (Å²) in [4.78, 5) is 17.9. The fraction of sp³-hybridized carbons (Fsp3) is 0.324. The van der Waals surface area contributed by atoms with Gasteiger partial charge in [0.15, 0.2) is 6.29 Å². The Labute approximate surface area is 260 Å². The number of aliphatic hydroxyl groups excluding tert-OH is 1. The van der Waals surface area contributed by atoms with Gasteiger partial charge in [-0.05, 0) is 41.0 Å². The molecular weight excluding hydrogens is 550 g/mol. The van der Waals surface area contributed by atoms with Crippen LogP contribution in [0, 0.1) is 5.92 Å². The van der Waals surface area contributed by atoms with Crippen molar-refractivity contribution in [1.29, 1.82) is 0 Å². The number of hydrogen-bond donors (Lipinski definition) is 2. The van der Waals surface area contributed by atoms with E-state index < -0.39 is 6.29 Å². The number of carbonyl (C=O) groups is 1. The molecule has 0 aromatic heterocycles. The molecule has 1 amide bonds. The minimum absolute atomic E-state index is 0.00740. The molecule has 0 spiro atoms. The van der Waals surface area contributed by atoms with Crippen molar-refractivity contribution in [3.05, 3.63) is 137 Å². The molecule has 4 unspecified atom stereocenters. The molecule has 7 nitrogen and oxygen atoms in total. The molecule has 44 heavy (non-hydrogen) atoms. The van der Waals surface area contributed by atoms with Crippen LogP contribution < -0.4 is 5.32 Å². The first kappa shape index (κ1) is 30.2. The third kappa shape index (κ3) is 7.44. The Hall–Kier alpha value is -3.85. The summed E-state index contributed by atoms with van der Waals surface area (Å²) in [5.41, 5.74) is 5.44. The van der Waals surface area contributed by atoms with Crippen LogP contribution >= 0.6 is 0 Å². The predicted molar refractivity (Wildman–Crippen MR) is 172 cm³/mol. The Balaban J connectivity index is 1.17. The van der Waals surface area contributed by atoms with Crippen LogP contribution in [0.15, 0.2) is 109 Å². The molecule has 2 fully saturated rings. The summed E-state index contributed by atoms with van der Waals surface area (Å²) >= 11 is 0. The molecule has 2 N–H and O–H groups in total. The Morgan fingerprint density at radius 2 is 1.45 bits per heavy atom. The lowest BCUT2D eigenvalue weighted by atomic mass is 9.90. The van der Waals surface area contributed by atoms with E-state index in [0.29, 0.717) is 11.3 Å². The highest BCUT2D eigenvalue weighted by atomic mass is 16.7. The van der Waals surface area contributed by atoms with E-state index in [9.17, 15) is 9.90 Å². The standard InChI is InChI=1S/C37H41N3O4/c1-27-34(25-40-21-19-39(20-22-40)24-28-9-4-2-5-10-28)43-37(44-35(27)30-17-15-29(26-41)16-18-30)32-13-8-14-33(23-32)38-36(42)31-11-6-3-7-12-31/h2-18,23,27,34-35,37,41H,19-22,24-26H2,1H3,(H,38,42). The van der Waals surface area contributed by atoms with Gasteiger partial charge < -0.3 is 19.9 Å². The average Bonchev–Trinajstić information content (AvgIpc) is 3.07. The molecule has 4 aromatic carbocycles. The fourth-order valence-corrected chi connectivity index (χ4v) is 6.11. The van der Waals surface area contributed by atoms with Crippen LogP contribution in [0.3, 0.4) is 0 Å². The molecule has 2 saturated heterocycles. The predicted octanol–water partition coefficient (Wildman–Crippen LogP) is 6.04. The fourth-order valence-electron chi connectivity index (χ4n) is 6.11. The van der Waals surface area contributed by atoms with Crippen molar-refractivity contribution in [2.24, 2.45) is 5.92 Å². The highest BCUT2D eigenvalue weighted by Crippen LogP contribution is 2.42. The lowest BCUT2D eigenvalue weighted by Gasteiger charge is -2.44. The molecule has 4 aromatic rings. The Kier molecular flexibility index (Phi) is 9.80. The quantitative estimate of drug-likeness (QED) is 0.247. The number of rotatable bonds is 9. The highest BCUT2D eigenvalue weighted by Gasteiger charge is 2.39. The number of nitrogens with one attached hydrogen (secondary N) is 1. The van der Waals surface area contributed by atoms with Crippen molar-refractivity contribution >= 4 is 11.6 Å². The number of benzene rings is 4. The zero-order chi connectivity index (χ0) is 30.3. The second-order valence-electron chi connectivity index (χ2n) is 11.8. The third-order valence-corrected chi connectivity index (χ3v) is 8.73. The summed E-state index contributed by atoms with van der Waals surface area (Å²) < 4.78 is 13.4. The summed E-state index contributed by atoms with van der Waals surface area (Å²) in [7, 11) is 0. The van der Waals surface area contributed by atoms with Crippen LogP contribution in [0.25, 0.3) is 0 Å². The molecule has 4 atom stereocenters. The van der Waals surface area contributed by atoms with Gasteiger partial charge in [0, 0.05) is 62.0 Å². The van der Waals surface area contributed by atoms with Gasteiger partial charge in [-0.25, -0.2) is 0 Å². The van der Waals surface area contributed by atoms with E-state index in [-0.39, 0.29) is 30.6 Å². The maximum atomic E-state index is 12.8. The van der Waals surface area contributed by atoms with Gasteiger partial charge in [0.1, 0.15) is 0 Å². The molecule has 228 valence electrons. The monoisotopic (exact) mass is 591 g/mol. The number of ether oxygens (including phenoxy) is 2. The molecule has 2 heterocycles. The summed E-state index contributed by atoms with van der Waals surface area (Å²) in [6.45, 7) is 8.01. The molecule has 2 aliphatic heterocycles. The Bertz CT molecular complexity index is 1490. The number of aliphatic hydroxyl groups is 1. The number of nitrogens with zero attached hydrogens (tertiary/aromatic N) is 2. The van der Waals surface area contributed by atoms with Crippen molar-refractivity contribution < 1.29 is 19.4 Å². The van der Waals surface area contributed by atoms with Crippen LogP contribution in [-0.2, 0) is 22.6 Å². The number of amides is 1. The molecule has 0 bridgehead atoms. The van der Waals surface area contributed by atoms with E-state index in [1.54, 1.807) is 12.1 Å². The van der Waals surface area contributed by atoms with Crippen LogP contribution in [0.2, 0.25) is 0 Å². The first-order valence-electron chi connectivity index (χ1n) is 15.5. The molecule has 0 radical (unpaired) electrons. The Morgan fingerprint density at radius 1 is 0.773 bits per heavy atom. The summed E-state index contributed by atoms with van der Waals surface area (Å²) in [5, 5.41) is 12.6. The molecule has 6 rings (SSSR count). The van der Waals surface area contributed by atoms with E-state index in [1.807, 2.05) is 66.7 Å². The topological polar surface area (TPSA) is 74.3 Å². The van der Waals surface area contributed by atoms with Crippen LogP contribution in [-0.4, -0.2) is 59.6 Å². The van der Waals surface area contributed by atoms with Crippen LogP contribution in [0.5, 0.6) is 0 Å². The molecular formula is C37H41N3O4. The minimum atomic E-state index is -0.591. The van der Waals surface area contributed by atoms with Crippen LogP contribution in [0.4, 0.5) is 5.69 Å². The van der Waals surface area contributed by atoms with Gasteiger partial charge in [-0.2, -0.15) is 0 Å². The lowest BCUT2D eigenvalue weighted by molar-refractivity contribution is -0.276. The van der Waals surface area contributed by atoms with Gasteiger partial charge in [-0.15, -0.1) is 0 Å². The third-order valence-electron chi connectivity index (χ3n) is 8.73. The van der Waals surface area contributed by atoms with E-state index in [0.717, 1.165) is 56.0 Å². The maximum absolute atomic E-state index is 12.8. The van der Waals surface area contributed by atoms with Gasteiger partial charge in [-0.1, -0.05) is 91.9 Å². The first-order valence-corrected chi connectivity index (χ1v) is 15.5. The minimum Gasteiger partial charge on any atom is -0.392 e. The number of carbonyl (C=O) groups excluding carboxylic acids is 1. The van der Waals surface area contributed by atoms with E-state index >= 15 is 0 Å². The molecule has 0 aliphatic carbocycles. The SMILES string of the molecule is CC1C(CN2CCN(Cc3ccccc3)CC2)OC(c2cccc(NC(=O)c3ccccc3)c2)OC1c1ccc(CO)cc1. The van der Waals surface area contributed by atoms with Crippen LogP contribution in [0.1, 0.15) is 51.9 Å². The molecule has 7 heteroatoms. The maximum Gasteiger partial charge on any atom is 0.255 e. The summed E-state index contributed by atoms with van der Waals surface area (Å²) in [6.07, 6.45) is -0.834. The van der Waals surface area contributed by atoms with Crippen molar-refractivity contribution in [3.63, 3.8) is 0 Å². The second-order valence-corrected chi connectivity index (χ2v) is 11.8. The van der Waals surface area contributed by atoms with E-state index in [2.05, 4.69) is 52.4 Å². The van der Waals surface area contributed by atoms with Gasteiger partial charge in [0.05, 0.1) is 18.8 Å². The van der Waals surface area contributed by atoms with Crippen molar-refractivity contribution in [3.8, 4) is 0 Å². The lowest BCUT2D eigenvalue weighted by Crippen LogP contribution is -2.51. The highest BCUT2D eigenvalue weighted by molar-refractivity contribution is 6.04. The first-order chi connectivity index (χ1) is 21.6. The summed E-state index contributed by atoms with van der Waals surface area (Å²) in [5.74, 6) is -0.0532. The van der Waals surface area contributed by atoms with Crippen molar-refractivity contribution in [2.75, 3.05) is 38.0 Å². The smallest absolute Gasteiger partial charge is 0.255 e. The average molecular weight is 592 g/mol. The summed E-state index contributed by atoms with van der Waals surface area (Å²) in [6, 6.07) is 35.6. The normalized spacial score (nSPS) is 22.9.